The van der Waals surface area contributed by atoms with E-state index in [1.54, 1.807) is 32.0 Å². The predicted molar refractivity (Wildman–Crippen MR) is 130 cm³/mol. The van der Waals surface area contributed by atoms with Crippen LogP contribution in [0.25, 0.3) is 11.1 Å². The van der Waals surface area contributed by atoms with Gasteiger partial charge in [-0.15, -0.1) is 0 Å². The van der Waals surface area contributed by atoms with Gasteiger partial charge in [0.2, 0.25) is 0 Å². The Balaban J connectivity index is 1.49. The zero-order chi connectivity index (χ0) is 24.0. The van der Waals surface area contributed by atoms with Crippen LogP contribution in [0.1, 0.15) is 37.4 Å². The molecule has 1 aliphatic heterocycles. The molecule has 6 radical (unpaired) electrons. The lowest BCUT2D eigenvalue weighted by molar-refractivity contribution is 0.0826. The molecular weight excluding hydrogens is 439 g/mol. The van der Waals surface area contributed by atoms with E-state index in [2.05, 4.69) is 20.6 Å². The van der Waals surface area contributed by atoms with E-state index in [0.29, 0.717) is 41.0 Å². The third kappa shape index (κ3) is 5.65. The van der Waals surface area contributed by atoms with E-state index in [1.165, 1.54) is 11.3 Å². The average molecular weight is 461 g/mol. The number of nitrogens with one attached hydrogen (secondary N) is 2. The van der Waals surface area contributed by atoms with Crippen molar-refractivity contribution in [1.82, 2.24) is 15.3 Å². The number of urea groups is 1. The monoisotopic (exact) mass is 461 g/mol. The number of aliphatic hydroxyl groups is 1. The molecule has 3 aromatic rings. The van der Waals surface area contributed by atoms with Crippen molar-refractivity contribution in [1.29, 1.82) is 0 Å². The molecule has 33 heavy (non-hydrogen) atoms. The fourth-order valence-electron chi connectivity index (χ4n) is 3.47. The highest BCUT2D eigenvalue weighted by Gasteiger charge is 2.31. The molecule has 166 valence electrons. The van der Waals surface area contributed by atoms with Gasteiger partial charge in [-0.25, -0.2) is 9.78 Å². The second-order valence-electron chi connectivity index (χ2n) is 8.65. The lowest BCUT2D eigenvalue weighted by Crippen LogP contribution is -2.40. The van der Waals surface area contributed by atoms with Crippen LogP contribution in [0.2, 0.25) is 0 Å². The van der Waals surface area contributed by atoms with E-state index < -0.39 is 16.9 Å². The third-order valence-electron chi connectivity index (χ3n) is 4.95. The number of carbonyl (C=O) groups excluding carboxylic acids is 1. The van der Waals surface area contributed by atoms with E-state index in [0.717, 1.165) is 10.6 Å². The number of oxazole rings is 1. The predicted octanol–water partition coefficient (Wildman–Crippen LogP) is 1.80. The molecule has 3 N–H and O–H groups in total. The smallest absolute Gasteiger partial charge is 0.321 e. The van der Waals surface area contributed by atoms with Gasteiger partial charge in [-0.1, -0.05) is 11.3 Å². The Morgan fingerprint density at radius 1 is 1.36 bits per heavy atom. The molecule has 1 atom stereocenters. The van der Waals surface area contributed by atoms with Gasteiger partial charge in [0.1, 0.15) is 34.8 Å². The number of aromatic nitrogens is 2. The summed E-state index contributed by atoms with van der Waals surface area (Å²) in [6, 6.07) is 5.01. The summed E-state index contributed by atoms with van der Waals surface area (Å²) in [5, 5.41) is 13.8. The van der Waals surface area contributed by atoms with Crippen molar-refractivity contribution in [3.8, 4) is 5.75 Å². The number of fused-ring (bicyclic) bond motifs is 2. The van der Waals surface area contributed by atoms with Gasteiger partial charge in [-0.3, -0.25) is 5.32 Å². The normalized spacial score (nSPS) is 16.5. The highest BCUT2D eigenvalue weighted by molar-refractivity contribution is 7.16. The molecule has 0 bridgehead atoms. The molecule has 9 nitrogen and oxygen atoms in total. The minimum Gasteiger partial charge on any atom is -0.516 e. The number of amides is 2. The van der Waals surface area contributed by atoms with E-state index in [-0.39, 0.29) is 12.6 Å². The summed E-state index contributed by atoms with van der Waals surface area (Å²) < 4.78 is 11.2. The summed E-state index contributed by atoms with van der Waals surface area (Å²) >= 11 is 1.40. The molecule has 13 heteroatoms. The summed E-state index contributed by atoms with van der Waals surface area (Å²) in [5.74, 6) is 0.380. The van der Waals surface area contributed by atoms with Crippen molar-refractivity contribution >= 4 is 63.2 Å². The number of ether oxygens (including phenoxy) is 1. The quantitative estimate of drug-likeness (QED) is 0.481. The summed E-state index contributed by atoms with van der Waals surface area (Å²) in [7, 11) is 16.5. The van der Waals surface area contributed by atoms with Crippen molar-refractivity contribution in [2.45, 2.75) is 44.1 Å². The first-order valence-corrected chi connectivity index (χ1v) is 11.2. The largest absolute Gasteiger partial charge is 0.516 e. The highest BCUT2D eigenvalue weighted by Crippen LogP contribution is 2.39. The number of thiazole rings is 1. The minimum absolute atomic E-state index is 0.0604. The van der Waals surface area contributed by atoms with E-state index in [4.69, 9.17) is 32.7 Å². The first-order chi connectivity index (χ1) is 15.4. The van der Waals surface area contributed by atoms with Gasteiger partial charge in [0.25, 0.3) is 6.01 Å². The average Bonchev–Trinajstić information content (AvgIpc) is 3.28. The van der Waals surface area contributed by atoms with E-state index in [9.17, 15) is 9.90 Å². The maximum Gasteiger partial charge on any atom is 0.321 e. The number of anilines is 2. The van der Waals surface area contributed by atoms with Gasteiger partial charge >= 0.3 is 6.03 Å². The number of carbonyl (C=O) groups is 1. The Morgan fingerprint density at radius 2 is 2.12 bits per heavy atom. The first kappa shape index (κ1) is 23.5. The van der Waals surface area contributed by atoms with Crippen LogP contribution in [0, 0.1) is 0 Å². The van der Waals surface area contributed by atoms with Crippen LogP contribution in [-0.4, -0.2) is 68.6 Å². The summed E-state index contributed by atoms with van der Waals surface area (Å²) in [6.45, 7) is 6.04. The Hall–Kier alpha value is -2.66. The lowest BCUT2D eigenvalue weighted by atomic mass is 9.52. The molecule has 2 aromatic heterocycles. The maximum absolute atomic E-state index is 12.1. The number of hydrogen-bond acceptors (Lipinski definition) is 8. The maximum atomic E-state index is 12.1. The Morgan fingerprint density at radius 3 is 2.82 bits per heavy atom. The molecule has 0 aliphatic carbocycles. The van der Waals surface area contributed by atoms with Crippen LogP contribution in [0.15, 0.2) is 22.6 Å². The van der Waals surface area contributed by atoms with Gasteiger partial charge in [0.05, 0.1) is 22.2 Å². The number of rotatable bonds is 6. The van der Waals surface area contributed by atoms with E-state index in [1.807, 2.05) is 11.8 Å². The topological polar surface area (TPSA) is 113 Å². The number of nitrogens with zero attached hydrogens (tertiary/aromatic N) is 3. The van der Waals surface area contributed by atoms with Gasteiger partial charge in [-0.2, -0.15) is 4.98 Å². The van der Waals surface area contributed by atoms with Crippen LogP contribution in [0.4, 0.5) is 15.9 Å². The molecule has 0 spiro atoms. The Labute approximate surface area is 199 Å². The van der Waals surface area contributed by atoms with Gasteiger partial charge in [-0.05, 0) is 38.2 Å². The highest BCUT2D eigenvalue weighted by atomic mass is 32.1. The fraction of sp³-hybridized carbons (Fsp3) is 0.450. The zero-order valence-electron chi connectivity index (χ0n) is 18.6. The molecule has 0 saturated carbocycles. The molecule has 0 saturated heterocycles. The summed E-state index contributed by atoms with van der Waals surface area (Å²) in [4.78, 5) is 24.3. The fourth-order valence-corrected chi connectivity index (χ4v) is 4.54. The van der Waals surface area contributed by atoms with Crippen molar-refractivity contribution in [2.75, 3.05) is 23.3 Å². The molecule has 2 amide bonds. The second-order valence-corrected chi connectivity index (χ2v) is 9.68. The standard InChI is InChI=1S/C20H22B3N5O4S/c1-10-15-12(25-17(33-15)27-16(29)24-9-19(2,3)30)6-7-28(10)18-26-13-8-11(32-20(21,22)23)4-5-14(13)31-18/h4-5,8,10,30H,6-7,9H2,1-3H3,(H2,24,25,27,29)/t10-/m0/s1. The van der Waals surface area contributed by atoms with Crippen molar-refractivity contribution < 1.29 is 19.1 Å². The van der Waals surface area contributed by atoms with E-state index >= 15 is 0 Å². The van der Waals surface area contributed by atoms with Crippen molar-refractivity contribution in [3.05, 3.63) is 28.8 Å². The van der Waals surface area contributed by atoms with Crippen LogP contribution in [0.5, 0.6) is 5.75 Å². The molecule has 4 rings (SSSR count). The number of benzene rings is 1. The molecular formula is C20H22B3N5O4S. The Bertz CT molecular complexity index is 1170. The van der Waals surface area contributed by atoms with Gasteiger partial charge in [0, 0.05) is 25.6 Å². The van der Waals surface area contributed by atoms with Crippen LogP contribution in [-0.2, 0) is 6.42 Å². The van der Waals surface area contributed by atoms with Gasteiger partial charge < -0.3 is 24.5 Å². The first-order valence-electron chi connectivity index (χ1n) is 10.4. The zero-order valence-corrected chi connectivity index (χ0v) is 19.4. The van der Waals surface area contributed by atoms with Gasteiger partial charge in [0.15, 0.2) is 10.7 Å². The summed E-state index contributed by atoms with van der Waals surface area (Å²) in [5.41, 5.74) is 1.10. The van der Waals surface area contributed by atoms with Crippen molar-refractivity contribution in [3.63, 3.8) is 0 Å². The molecule has 1 aliphatic rings. The van der Waals surface area contributed by atoms with Crippen LogP contribution < -0.4 is 20.3 Å². The van der Waals surface area contributed by atoms with Crippen molar-refractivity contribution in [2.24, 2.45) is 0 Å². The minimum atomic E-state index is -1.79. The Kier molecular flexibility index (Phi) is 6.13. The molecule has 0 unspecified atom stereocenters. The van der Waals surface area contributed by atoms with Crippen LogP contribution >= 0.6 is 11.3 Å². The summed E-state index contributed by atoms with van der Waals surface area (Å²) in [6.07, 6.45) is 0.673. The molecule has 1 aromatic carbocycles. The molecule has 3 heterocycles. The lowest BCUT2D eigenvalue weighted by Gasteiger charge is -2.31. The van der Waals surface area contributed by atoms with Crippen LogP contribution in [0.3, 0.4) is 0 Å². The third-order valence-corrected chi connectivity index (χ3v) is 6.14. The number of hydrogen-bond donors (Lipinski definition) is 3. The SMILES string of the molecule is [B]C([B])([B])Oc1ccc2oc(N3CCc4nc(NC(=O)NCC(C)(C)O)sc4[C@@H]3C)nc2c1. The molecule has 0 fully saturated rings. The second kappa shape index (κ2) is 8.60.